The van der Waals surface area contributed by atoms with Crippen LogP contribution in [-0.2, 0) is 19.1 Å². The van der Waals surface area contributed by atoms with Gasteiger partial charge in [-0.3, -0.25) is 19.3 Å². The standard InChI is InChI=1S/C24H27N3O4/c1-15(2)31-14-13-27-23(29)21(18-9-11-19(12-10-18)25-17(4)28)22(24(27)30)26-20-8-6-5-7-16(20)3/h5-12,15,26H,13-14H2,1-4H3,(H,25,28). The average molecular weight is 421 g/mol. The fourth-order valence-electron chi connectivity index (χ4n) is 3.31. The summed E-state index contributed by atoms with van der Waals surface area (Å²) in [6, 6.07) is 14.4. The molecule has 0 bridgehead atoms. The zero-order valence-corrected chi connectivity index (χ0v) is 18.2. The molecule has 2 aromatic carbocycles. The van der Waals surface area contributed by atoms with Gasteiger partial charge in [-0.15, -0.1) is 0 Å². The van der Waals surface area contributed by atoms with Crippen molar-refractivity contribution in [3.63, 3.8) is 0 Å². The van der Waals surface area contributed by atoms with Crippen molar-refractivity contribution in [1.29, 1.82) is 0 Å². The second kappa shape index (κ2) is 9.57. The molecule has 162 valence electrons. The molecule has 0 unspecified atom stereocenters. The molecule has 7 heteroatoms. The number of nitrogens with zero attached hydrogens (tertiary/aromatic N) is 1. The van der Waals surface area contributed by atoms with E-state index in [9.17, 15) is 14.4 Å². The van der Waals surface area contributed by atoms with Crippen LogP contribution in [0.4, 0.5) is 11.4 Å². The number of carbonyl (C=O) groups is 3. The summed E-state index contributed by atoms with van der Waals surface area (Å²) in [5.41, 5.74) is 3.45. The molecule has 0 aromatic heterocycles. The van der Waals surface area contributed by atoms with Crippen molar-refractivity contribution < 1.29 is 19.1 Å². The van der Waals surface area contributed by atoms with E-state index in [4.69, 9.17) is 4.74 Å². The minimum Gasteiger partial charge on any atom is -0.377 e. The van der Waals surface area contributed by atoms with Gasteiger partial charge in [-0.2, -0.15) is 0 Å². The number of carbonyl (C=O) groups excluding carboxylic acids is 3. The maximum atomic E-state index is 13.2. The third-order valence-electron chi connectivity index (χ3n) is 4.83. The minimum absolute atomic E-state index is 0.00567. The molecule has 1 aliphatic rings. The Bertz CT molecular complexity index is 1030. The predicted octanol–water partition coefficient (Wildman–Crippen LogP) is 3.57. The van der Waals surface area contributed by atoms with E-state index < -0.39 is 0 Å². The second-order valence-electron chi connectivity index (χ2n) is 7.63. The SMILES string of the molecule is CC(=O)Nc1ccc(C2=C(Nc3ccccc3C)C(=O)N(CCOC(C)C)C2=O)cc1. The first-order chi connectivity index (χ1) is 14.8. The Kier molecular flexibility index (Phi) is 6.87. The van der Waals surface area contributed by atoms with Crippen LogP contribution in [0.1, 0.15) is 31.9 Å². The normalized spacial score (nSPS) is 13.9. The summed E-state index contributed by atoms with van der Waals surface area (Å²) in [6.07, 6.45) is 0.00567. The molecule has 1 heterocycles. The average Bonchev–Trinajstić information content (AvgIpc) is 2.94. The maximum Gasteiger partial charge on any atom is 0.278 e. The number of rotatable bonds is 8. The molecule has 3 amide bonds. The molecular weight excluding hydrogens is 394 g/mol. The van der Waals surface area contributed by atoms with Gasteiger partial charge in [0.05, 0.1) is 24.8 Å². The molecule has 7 nitrogen and oxygen atoms in total. The number of hydrogen-bond donors (Lipinski definition) is 2. The minimum atomic E-state index is -0.387. The van der Waals surface area contributed by atoms with Gasteiger partial charge in [0.25, 0.3) is 11.8 Å². The van der Waals surface area contributed by atoms with Crippen LogP contribution < -0.4 is 10.6 Å². The first kappa shape index (κ1) is 22.2. The third kappa shape index (κ3) is 5.19. The van der Waals surface area contributed by atoms with E-state index in [1.807, 2.05) is 45.0 Å². The summed E-state index contributed by atoms with van der Waals surface area (Å²) in [6.45, 7) is 7.60. The molecule has 0 saturated heterocycles. The lowest BCUT2D eigenvalue weighted by Gasteiger charge is -2.16. The second-order valence-corrected chi connectivity index (χ2v) is 7.63. The van der Waals surface area contributed by atoms with E-state index in [2.05, 4.69) is 10.6 Å². The van der Waals surface area contributed by atoms with Gasteiger partial charge < -0.3 is 15.4 Å². The molecule has 2 N–H and O–H groups in total. The fourth-order valence-corrected chi connectivity index (χ4v) is 3.31. The highest BCUT2D eigenvalue weighted by molar-refractivity contribution is 6.36. The van der Waals surface area contributed by atoms with Crippen LogP contribution in [-0.4, -0.2) is 41.9 Å². The van der Waals surface area contributed by atoms with Gasteiger partial charge in [0.1, 0.15) is 5.70 Å². The molecule has 0 radical (unpaired) electrons. The van der Waals surface area contributed by atoms with Crippen molar-refractivity contribution >= 4 is 34.7 Å². The molecule has 3 rings (SSSR count). The summed E-state index contributed by atoms with van der Waals surface area (Å²) in [5, 5.41) is 5.87. The highest BCUT2D eigenvalue weighted by Crippen LogP contribution is 2.31. The Morgan fingerprint density at radius 2 is 1.71 bits per heavy atom. The van der Waals surface area contributed by atoms with Crippen LogP contribution in [0.3, 0.4) is 0 Å². The molecule has 1 aliphatic heterocycles. The van der Waals surface area contributed by atoms with Crippen LogP contribution in [0, 0.1) is 6.92 Å². The maximum absolute atomic E-state index is 13.2. The monoisotopic (exact) mass is 421 g/mol. The van der Waals surface area contributed by atoms with Crippen molar-refractivity contribution in [3.8, 4) is 0 Å². The molecule has 31 heavy (non-hydrogen) atoms. The van der Waals surface area contributed by atoms with Gasteiger partial charge in [0, 0.05) is 18.3 Å². The zero-order chi connectivity index (χ0) is 22.5. The van der Waals surface area contributed by atoms with Gasteiger partial charge in [0.15, 0.2) is 0 Å². The van der Waals surface area contributed by atoms with Crippen LogP contribution >= 0.6 is 0 Å². The summed E-state index contributed by atoms with van der Waals surface area (Å²) >= 11 is 0. The molecule has 0 atom stereocenters. The first-order valence-corrected chi connectivity index (χ1v) is 10.2. The van der Waals surface area contributed by atoms with E-state index in [1.165, 1.54) is 11.8 Å². The molecular formula is C24H27N3O4. The number of amides is 3. The first-order valence-electron chi connectivity index (χ1n) is 10.2. The lowest BCUT2D eigenvalue weighted by Crippen LogP contribution is -2.35. The number of imide groups is 1. The van der Waals surface area contributed by atoms with Crippen LogP contribution in [0.25, 0.3) is 5.57 Å². The van der Waals surface area contributed by atoms with Crippen molar-refractivity contribution in [3.05, 3.63) is 65.4 Å². The Balaban J connectivity index is 1.96. The van der Waals surface area contributed by atoms with Crippen molar-refractivity contribution in [2.75, 3.05) is 23.8 Å². The quantitative estimate of drug-likeness (QED) is 0.636. The number of ether oxygens (including phenoxy) is 1. The number of hydrogen-bond acceptors (Lipinski definition) is 5. The Hall–Kier alpha value is -3.45. The molecule has 0 saturated carbocycles. The lowest BCUT2D eigenvalue weighted by molar-refractivity contribution is -0.138. The summed E-state index contributed by atoms with van der Waals surface area (Å²) in [7, 11) is 0. The van der Waals surface area contributed by atoms with Crippen molar-refractivity contribution in [1.82, 2.24) is 4.90 Å². The highest BCUT2D eigenvalue weighted by Gasteiger charge is 2.39. The lowest BCUT2D eigenvalue weighted by atomic mass is 10.0. The van der Waals surface area contributed by atoms with Crippen molar-refractivity contribution in [2.45, 2.75) is 33.8 Å². The number of anilines is 2. The van der Waals surface area contributed by atoms with Gasteiger partial charge in [-0.25, -0.2) is 0 Å². The predicted molar refractivity (Wildman–Crippen MR) is 120 cm³/mol. The Morgan fingerprint density at radius 1 is 1.03 bits per heavy atom. The van der Waals surface area contributed by atoms with Gasteiger partial charge in [-0.05, 0) is 50.1 Å². The van der Waals surface area contributed by atoms with Crippen LogP contribution in [0.2, 0.25) is 0 Å². The molecule has 0 fully saturated rings. The number of aryl methyl sites for hydroxylation is 1. The summed E-state index contributed by atoms with van der Waals surface area (Å²) in [5.74, 6) is -0.945. The Labute approximate surface area is 182 Å². The number of para-hydroxylation sites is 1. The van der Waals surface area contributed by atoms with E-state index in [-0.39, 0.29) is 42.7 Å². The molecule has 0 aliphatic carbocycles. The smallest absolute Gasteiger partial charge is 0.278 e. The highest BCUT2D eigenvalue weighted by atomic mass is 16.5. The topological polar surface area (TPSA) is 87.7 Å². The third-order valence-corrected chi connectivity index (χ3v) is 4.83. The van der Waals surface area contributed by atoms with Crippen LogP contribution in [0.5, 0.6) is 0 Å². The largest absolute Gasteiger partial charge is 0.377 e. The molecule has 2 aromatic rings. The number of benzene rings is 2. The van der Waals surface area contributed by atoms with Gasteiger partial charge >= 0.3 is 0 Å². The van der Waals surface area contributed by atoms with E-state index in [0.29, 0.717) is 16.8 Å². The van der Waals surface area contributed by atoms with Gasteiger partial charge in [-0.1, -0.05) is 30.3 Å². The van der Waals surface area contributed by atoms with E-state index >= 15 is 0 Å². The number of nitrogens with one attached hydrogen (secondary N) is 2. The van der Waals surface area contributed by atoms with Crippen LogP contribution in [0.15, 0.2) is 54.2 Å². The zero-order valence-electron chi connectivity index (χ0n) is 18.2. The van der Waals surface area contributed by atoms with E-state index in [0.717, 1.165) is 11.3 Å². The Morgan fingerprint density at radius 3 is 2.32 bits per heavy atom. The fraction of sp³-hybridized carbons (Fsp3) is 0.292. The summed E-state index contributed by atoms with van der Waals surface area (Å²) < 4.78 is 5.54. The van der Waals surface area contributed by atoms with Crippen molar-refractivity contribution in [2.24, 2.45) is 0 Å². The molecule has 0 spiro atoms. The summed E-state index contributed by atoms with van der Waals surface area (Å²) in [4.78, 5) is 38.9. The van der Waals surface area contributed by atoms with E-state index in [1.54, 1.807) is 24.3 Å². The van der Waals surface area contributed by atoms with Gasteiger partial charge in [0.2, 0.25) is 5.91 Å².